The Kier molecular flexibility index (Phi) is 4.71. The Morgan fingerprint density at radius 2 is 2.11 bits per heavy atom. The SMILES string of the molecule is CC1(C)CSCC(N[C@@H](CO)c2ccccc2)C1. The summed E-state index contributed by atoms with van der Waals surface area (Å²) in [7, 11) is 0. The van der Waals surface area contributed by atoms with Crippen molar-refractivity contribution in [1.29, 1.82) is 0 Å². The average molecular weight is 265 g/mol. The minimum atomic E-state index is 0.0608. The molecule has 0 spiro atoms. The van der Waals surface area contributed by atoms with Gasteiger partial charge in [-0.15, -0.1) is 0 Å². The largest absolute Gasteiger partial charge is 0.394 e. The molecular weight excluding hydrogens is 242 g/mol. The fourth-order valence-electron chi connectivity index (χ4n) is 2.59. The Bertz CT molecular complexity index is 366. The molecule has 2 nitrogen and oxygen atoms in total. The third-order valence-corrected chi connectivity index (χ3v) is 5.06. The molecule has 1 aliphatic rings. The van der Waals surface area contributed by atoms with Gasteiger partial charge in [-0.05, 0) is 23.2 Å². The van der Waals surface area contributed by atoms with Gasteiger partial charge in [0.25, 0.3) is 0 Å². The van der Waals surface area contributed by atoms with Crippen LogP contribution in [-0.4, -0.2) is 29.3 Å². The molecule has 1 saturated heterocycles. The zero-order valence-corrected chi connectivity index (χ0v) is 12.0. The molecule has 0 aliphatic carbocycles. The van der Waals surface area contributed by atoms with Crippen LogP contribution in [0.5, 0.6) is 0 Å². The summed E-state index contributed by atoms with van der Waals surface area (Å²) in [5.41, 5.74) is 1.57. The standard InChI is InChI=1S/C15H23NOS/c1-15(2)8-13(10-18-11-15)16-14(9-17)12-6-4-3-5-7-12/h3-7,13-14,16-17H,8-11H2,1-2H3/t13?,14-/m0/s1. The van der Waals surface area contributed by atoms with Crippen LogP contribution >= 0.6 is 11.8 Å². The Balaban J connectivity index is 1.98. The van der Waals surface area contributed by atoms with Crippen molar-refractivity contribution in [3.63, 3.8) is 0 Å². The van der Waals surface area contributed by atoms with E-state index in [2.05, 4.69) is 31.3 Å². The third kappa shape index (κ3) is 3.74. The number of hydrogen-bond acceptors (Lipinski definition) is 3. The zero-order valence-electron chi connectivity index (χ0n) is 11.2. The first-order valence-electron chi connectivity index (χ1n) is 6.60. The molecule has 1 aliphatic heterocycles. The predicted molar refractivity (Wildman–Crippen MR) is 78.9 cm³/mol. The van der Waals surface area contributed by atoms with Crippen molar-refractivity contribution in [2.45, 2.75) is 32.4 Å². The van der Waals surface area contributed by atoms with E-state index >= 15 is 0 Å². The number of rotatable bonds is 4. The van der Waals surface area contributed by atoms with Gasteiger partial charge in [0.2, 0.25) is 0 Å². The van der Waals surface area contributed by atoms with E-state index in [4.69, 9.17) is 0 Å². The van der Waals surface area contributed by atoms with E-state index < -0.39 is 0 Å². The van der Waals surface area contributed by atoms with Gasteiger partial charge in [-0.2, -0.15) is 11.8 Å². The van der Waals surface area contributed by atoms with Gasteiger partial charge >= 0.3 is 0 Å². The highest BCUT2D eigenvalue weighted by atomic mass is 32.2. The lowest BCUT2D eigenvalue weighted by Gasteiger charge is -2.37. The van der Waals surface area contributed by atoms with Gasteiger partial charge in [0, 0.05) is 11.8 Å². The molecule has 1 heterocycles. The van der Waals surface area contributed by atoms with E-state index in [1.807, 2.05) is 30.0 Å². The molecule has 2 rings (SSSR count). The number of aliphatic hydroxyl groups excluding tert-OH is 1. The first-order chi connectivity index (χ1) is 8.61. The Labute approximate surface area is 114 Å². The van der Waals surface area contributed by atoms with Crippen molar-refractivity contribution in [1.82, 2.24) is 5.32 Å². The van der Waals surface area contributed by atoms with E-state index in [1.54, 1.807) is 0 Å². The summed E-state index contributed by atoms with van der Waals surface area (Å²) in [5, 5.41) is 13.2. The van der Waals surface area contributed by atoms with Gasteiger partial charge < -0.3 is 10.4 Å². The molecule has 0 aromatic heterocycles. The summed E-state index contributed by atoms with van der Waals surface area (Å²) in [6.45, 7) is 4.81. The van der Waals surface area contributed by atoms with E-state index in [1.165, 1.54) is 17.7 Å². The van der Waals surface area contributed by atoms with Gasteiger partial charge in [0.15, 0.2) is 0 Å². The second-order valence-electron chi connectivity index (χ2n) is 5.89. The van der Waals surface area contributed by atoms with Gasteiger partial charge in [0.1, 0.15) is 0 Å². The highest BCUT2D eigenvalue weighted by Crippen LogP contribution is 2.34. The molecule has 0 radical (unpaired) electrons. The molecule has 2 N–H and O–H groups in total. The van der Waals surface area contributed by atoms with E-state index in [0.717, 1.165) is 5.75 Å². The van der Waals surface area contributed by atoms with Crippen LogP contribution in [0.15, 0.2) is 30.3 Å². The molecule has 0 saturated carbocycles. The van der Waals surface area contributed by atoms with Crippen LogP contribution in [0.2, 0.25) is 0 Å². The van der Waals surface area contributed by atoms with Crippen LogP contribution in [0.25, 0.3) is 0 Å². The van der Waals surface area contributed by atoms with Crippen LogP contribution in [0.3, 0.4) is 0 Å². The topological polar surface area (TPSA) is 32.3 Å². The lowest BCUT2D eigenvalue weighted by Crippen LogP contribution is -2.43. The smallest absolute Gasteiger partial charge is 0.0626 e. The Morgan fingerprint density at radius 1 is 1.39 bits per heavy atom. The molecule has 0 amide bonds. The van der Waals surface area contributed by atoms with Gasteiger partial charge in [-0.1, -0.05) is 44.2 Å². The Hall–Kier alpha value is -0.510. The van der Waals surface area contributed by atoms with Crippen molar-refractivity contribution in [2.24, 2.45) is 5.41 Å². The lowest BCUT2D eigenvalue weighted by molar-refractivity contribution is 0.218. The molecule has 18 heavy (non-hydrogen) atoms. The molecule has 1 aromatic rings. The third-order valence-electron chi connectivity index (χ3n) is 3.43. The second kappa shape index (κ2) is 6.09. The van der Waals surface area contributed by atoms with Crippen molar-refractivity contribution in [3.8, 4) is 0 Å². The van der Waals surface area contributed by atoms with Crippen molar-refractivity contribution >= 4 is 11.8 Å². The van der Waals surface area contributed by atoms with E-state index in [-0.39, 0.29) is 12.6 Å². The molecule has 2 atom stereocenters. The maximum Gasteiger partial charge on any atom is 0.0626 e. The van der Waals surface area contributed by atoms with Crippen molar-refractivity contribution < 1.29 is 5.11 Å². The van der Waals surface area contributed by atoms with Gasteiger partial charge in [-0.3, -0.25) is 0 Å². The summed E-state index contributed by atoms with van der Waals surface area (Å²) in [6.07, 6.45) is 1.18. The number of hydrogen-bond donors (Lipinski definition) is 2. The summed E-state index contributed by atoms with van der Waals surface area (Å²) in [4.78, 5) is 0. The minimum absolute atomic E-state index is 0.0608. The molecule has 1 unspecified atom stereocenters. The quantitative estimate of drug-likeness (QED) is 0.878. The van der Waals surface area contributed by atoms with Gasteiger partial charge in [-0.25, -0.2) is 0 Å². The van der Waals surface area contributed by atoms with Crippen LogP contribution in [0.4, 0.5) is 0 Å². The molecule has 1 fully saturated rings. The molecular formula is C15H23NOS. The predicted octanol–water partition coefficient (Wildman–Crippen LogP) is 2.84. The average Bonchev–Trinajstić information content (AvgIpc) is 2.36. The fourth-order valence-corrected chi connectivity index (χ4v) is 3.88. The number of thioether (sulfide) groups is 1. The normalized spacial score (nSPS) is 24.7. The summed E-state index contributed by atoms with van der Waals surface area (Å²) < 4.78 is 0. The van der Waals surface area contributed by atoms with Crippen LogP contribution in [0, 0.1) is 5.41 Å². The molecule has 0 bridgehead atoms. The van der Waals surface area contributed by atoms with Crippen LogP contribution in [-0.2, 0) is 0 Å². The first kappa shape index (κ1) is 13.9. The van der Waals surface area contributed by atoms with Crippen LogP contribution < -0.4 is 5.32 Å². The molecule has 1 aromatic carbocycles. The van der Waals surface area contributed by atoms with Crippen LogP contribution in [0.1, 0.15) is 31.9 Å². The van der Waals surface area contributed by atoms with Gasteiger partial charge in [0.05, 0.1) is 12.6 Å². The maximum atomic E-state index is 9.57. The highest BCUT2D eigenvalue weighted by molar-refractivity contribution is 7.99. The highest BCUT2D eigenvalue weighted by Gasteiger charge is 2.29. The lowest BCUT2D eigenvalue weighted by atomic mass is 9.87. The molecule has 3 heteroatoms. The summed E-state index contributed by atoms with van der Waals surface area (Å²) in [6, 6.07) is 10.8. The van der Waals surface area contributed by atoms with E-state index in [0.29, 0.717) is 11.5 Å². The molecule has 100 valence electrons. The van der Waals surface area contributed by atoms with Crippen molar-refractivity contribution in [2.75, 3.05) is 18.1 Å². The summed E-state index contributed by atoms with van der Waals surface area (Å²) in [5.74, 6) is 2.38. The minimum Gasteiger partial charge on any atom is -0.394 e. The fraction of sp³-hybridized carbons (Fsp3) is 0.600. The number of benzene rings is 1. The Morgan fingerprint density at radius 3 is 2.72 bits per heavy atom. The first-order valence-corrected chi connectivity index (χ1v) is 7.76. The zero-order chi connectivity index (χ0) is 13.0. The monoisotopic (exact) mass is 265 g/mol. The number of nitrogens with one attached hydrogen (secondary N) is 1. The summed E-state index contributed by atoms with van der Waals surface area (Å²) >= 11 is 2.01. The maximum absolute atomic E-state index is 9.57. The van der Waals surface area contributed by atoms with Crippen molar-refractivity contribution in [3.05, 3.63) is 35.9 Å². The van der Waals surface area contributed by atoms with E-state index in [9.17, 15) is 5.11 Å². The number of aliphatic hydroxyl groups is 1. The second-order valence-corrected chi connectivity index (χ2v) is 6.92.